The highest BCUT2D eigenvalue weighted by atomic mass is 31.1. The Bertz CT molecular complexity index is 1130. The number of amides is 1. The molecule has 12 nitrogen and oxygen atoms in total. The van der Waals surface area contributed by atoms with Crippen molar-refractivity contribution in [3.8, 4) is 0 Å². The number of nitrogens with zero attached hydrogens (tertiary/aromatic N) is 1. The Morgan fingerprint density at radius 3 is 2.24 bits per heavy atom. The smallest absolute Gasteiger partial charge is 0.394 e. The van der Waals surface area contributed by atoms with Crippen LogP contribution in [0.3, 0.4) is 0 Å². The number of carbonyl (C=O) groups is 1. The topological polar surface area (TPSA) is 169 Å². The van der Waals surface area contributed by atoms with Crippen molar-refractivity contribution < 1.29 is 33.4 Å². The molecule has 3 unspecified atom stereocenters. The van der Waals surface area contributed by atoms with Crippen LogP contribution < -0.4 is 16.6 Å². The van der Waals surface area contributed by atoms with E-state index in [4.69, 9.17) is 14.0 Å². The molecule has 4 N–H and O–H groups in total. The zero-order valence-electron chi connectivity index (χ0n) is 27.6. The number of unbranched alkanes of at least 4 members (excludes halogenated alkanes) is 14. The van der Waals surface area contributed by atoms with Crippen LogP contribution in [0.5, 0.6) is 0 Å². The highest BCUT2D eigenvalue weighted by Crippen LogP contribution is 2.37. The molecule has 13 heteroatoms. The molecule has 1 saturated heterocycles. The number of aromatic amines is 1. The summed E-state index contributed by atoms with van der Waals surface area (Å²) in [4.78, 5) is 47.4. The third-order valence-electron chi connectivity index (χ3n) is 8.17. The van der Waals surface area contributed by atoms with Crippen LogP contribution in [0.25, 0.3) is 0 Å². The second-order valence-corrected chi connectivity index (χ2v) is 12.7. The van der Waals surface area contributed by atoms with Gasteiger partial charge in [-0.3, -0.25) is 19.1 Å². The first kappa shape index (κ1) is 40.0. The lowest BCUT2D eigenvalue weighted by Gasteiger charge is -2.22. The molecule has 46 heavy (non-hydrogen) atoms. The van der Waals surface area contributed by atoms with Gasteiger partial charge in [-0.05, 0) is 44.9 Å². The van der Waals surface area contributed by atoms with E-state index >= 15 is 0 Å². The fourth-order valence-electron chi connectivity index (χ4n) is 5.59. The number of hydrogen-bond acceptors (Lipinski definition) is 8. The highest BCUT2D eigenvalue weighted by molar-refractivity contribution is 7.32. The summed E-state index contributed by atoms with van der Waals surface area (Å²) >= 11 is 0. The summed E-state index contributed by atoms with van der Waals surface area (Å²) in [5.74, 6) is 0.0948. The van der Waals surface area contributed by atoms with Gasteiger partial charge in [-0.2, -0.15) is 0 Å². The van der Waals surface area contributed by atoms with Crippen molar-refractivity contribution in [1.82, 2.24) is 14.9 Å². The minimum Gasteiger partial charge on any atom is -0.394 e. The number of ether oxygens (including phenoxy) is 2. The van der Waals surface area contributed by atoms with Gasteiger partial charge in [0.2, 0.25) is 5.91 Å². The van der Waals surface area contributed by atoms with Crippen LogP contribution in [-0.4, -0.2) is 63.5 Å². The predicted octanol–water partition coefficient (Wildman–Crippen LogP) is 5.56. The van der Waals surface area contributed by atoms with Crippen molar-refractivity contribution in [3.05, 3.63) is 45.3 Å². The van der Waals surface area contributed by atoms with Crippen LogP contribution in [0.4, 0.5) is 0 Å². The Balaban J connectivity index is 1.52. The zero-order valence-corrected chi connectivity index (χ0v) is 28.5. The van der Waals surface area contributed by atoms with Gasteiger partial charge in [-0.15, -0.1) is 9.42 Å². The molecule has 1 amide bonds. The molecule has 262 valence electrons. The average molecular weight is 671 g/mol. The van der Waals surface area contributed by atoms with Gasteiger partial charge in [0.1, 0.15) is 12.2 Å². The molecule has 5 atom stereocenters. The second-order valence-electron chi connectivity index (χ2n) is 12.0. The van der Waals surface area contributed by atoms with Gasteiger partial charge in [0.15, 0.2) is 12.3 Å². The second kappa shape index (κ2) is 24.9. The Labute approximate surface area is 274 Å². The van der Waals surface area contributed by atoms with Gasteiger partial charge in [0, 0.05) is 36.4 Å². The fourth-order valence-corrected chi connectivity index (χ4v) is 6.05. The number of rotatable bonds is 27. The van der Waals surface area contributed by atoms with Gasteiger partial charge >= 0.3 is 13.9 Å². The number of allylic oxidation sites excluding steroid dienone is 2. The Hall–Kier alpha value is -2.21. The number of aromatic nitrogens is 2. The van der Waals surface area contributed by atoms with E-state index < -0.39 is 50.7 Å². The Morgan fingerprint density at radius 1 is 0.957 bits per heavy atom. The minimum absolute atomic E-state index is 0.0948. The van der Waals surface area contributed by atoms with E-state index in [1.165, 1.54) is 70.4 Å². The molecule has 2 heterocycles. The van der Waals surface area contributed by atoms with E-state index in [1.807, 2.05) is 0 Å². The minimum atomic E-state index is -3.02. The van der Waals surface area contributed by atoms with Gasteiger partial charge in [-0.25, -0.2) is 4.79 Å². The van der Waals surface area contributed by atoms with E-state index in [0.29, 0.717) is 19.4 Å². The molecule has 2 rings (SSSR count). The lowest BCUT2D eigenvalue weighted by Crippen LogP contribution is -2.40. The SMILES string of the molecule is CCCCCCCC/C=C\CCCCCCCC(=O)NCCCCCCOC1C(O[P+](=O)O)[C@@H](CO)O[C@H]1n1ccc(=O)[nH]c1=O. The van der Waals surface area contributed by atoms with Crippen molar-refractivity contribution in [2.24, 2.45) is 0 Å². The first-order valence-electron chi connectivity index (χ1n) is 17.3. The number of carbonyl (C=O) groups excluding carboxylic acids is 1. The molecule has 0 aromatic carbocycles. The number of aliphatic hydroxyl groups excluding tert-OH is 1. The molecule has 0 aliphatic carbocycles. The molecule has 0 spiro atoms. The standard InChI is InChI=1S/C33H56N3O9P/c1-2-3-4-5-6-7-8-9-10-11-12-13-14-15-18-21-28(38)34-23-19-16-17-20-25-43-31-30(45-46(41)42)27(26-37)44-32(31)36-24-22-29(39)35-33(36)40/h9-10,22,24,27,30-32,37H,2-8,11-21,23,25-26H2,1H3,(H2-,34,35,38,39,40,41,42)/p+1/b10-9-/t27-,30?,31?,32-/m1/s1. The molecule has 1 aliphatic heterocycles. The third-order valence-corrected chi connectivity index (χ3v) is 8.60. The summed E-state index contributed by atoms with van der Waals surface area (Å²) in [6.45, 7) is 2.60. The number of nitrogens with one attached hydrogen (secondary N) is 2. The van der Waals surface area contributed by atoms with E-state index in [2.05, 4.69) is 29.4 Å². The molecule has 1 aromatic rings. The number of aliphatic hydroxyl groups is 1. The summed E-state index contributed by atoms with van der Waals surface area (Å²) in [5.41, 5.74) is -1.32. The first-order valence-corrected chi connectivity index (χ1v) is 18.4. The normalized spacial score (nSPS) is 20.0. The molecule has 0 bridgehead atoms. The Kier molecular flexibility index (Phi) is 21.6. The van der Waals surface area contributed by atoms with Crippen LogP contribution in [0, 0.1) is 0 Å². The van der Waals surface area contributed by atoms with Crippen molar-refractivity contribution in [2.75, 3.05) is 19.8 Å². The zero-order chi connectivity index (χ0) is 33.4. The van der Waals surface area contributed by atoms with Gasteiger partial charge < -0.3 is 19.9 Å². The fraction of sp³-hybridized carbons (Fsp3) is 0.788. The van der Waals surface area contributed by atoms with Crippen molar-refractivity contribution in [1.29, 1.82) is 0 Å². The molecule has 1 aromatic heterocycles. The number of H-pyrrole nitrogens is 1. The van der Waals surface area contributed by atoms with E-state index in [-0.39, 0.29) is 12.5 Å². The monoisotopic (exact) mass is 670 g/mol. The number of hydrogen-bond donors (Lipinski definition) is 4. The van der Waals surface area contributed by atoms with E-state index in [0.717, 1.165) is 49.2 Å². The quantitative estimate of drug-likeness (QED) is 0.0532. The van der Waals surface area contributed by atoms with Crippen LogP contribution >= 0.6 is 8.25 Å². The predicted molar refractivity (Wildman–Crippen MR) is 178 cm³/mol. The summed E-state index contributed by atoms with van der Waals surface area (Å²) < 4.78 is 29.2. The highest BCUT2D eigenvalue weighted by Gasteiger charge is 2.51. The van der Waals surface area contributed by atoms with E-state index in [9.17, 15) is 28.9 Å². The van der Waals surface area contributed by atoms with Crippen molar-refractivity contribution >= 4 is 14.2 Å². The third kappa shape index (κ3) is 16.6. The maximum atomic E-state index is 12.3. The van der Waals surface area contributed by atoms with Gasteiger partial charge in [0.25, 0.3) is 5.56 Å². The molecule has 0 radical (unpaired) electrons. The molecular formula is C33H57N3O9P+. The summed E-state index contributed by atoms with van der Waals surface area (Å²) in [5, 5.41) is 12.7. The maximum Gasteiger partial charge on any atom is 0.695 e. The van der Waals surface area contributed by atoms with Crippen molar-refractivity contribution in [2.45, 2.75) is 147 Å². The average Bonchev–Trinajstić information content (AvgIpc) is 3.36. The summed E-state index contributed by atoms with van der Waals surface area (Å²) in [6.07, 6.45) is 21.6. The first-order chi connectivity index (χ1) is 22.4. The van der Waals surface area contributed by atoms with Crippen molar-refractivity contribution in [3.63, 3.8) is 0 Å². The van der Waals surface area contributed by atoms with Crippen LogP contribution in [0.2, 0.25) is 0 Å². The summed E-state index contributed by atoms with van der Waals surface area (Å²) in [6, 6.07) is 1.15. The molecular weight excluding hydrogens is 613 g/mol. The maximum absolute atomic E-state index is 12.3. The Morgan fingerprint density at radius 2 is 1.59 bits per heavy atom. The van der Waals surface area contributed by atoms with Gasteiger partial charge in [0.05, 0.1) is 6.61 Å². The molecule has 0 saturated carbocycles. The largest absolute Gasteiger partial charge is 0.695 e. The lowest BCUT2D eigenvalue weighted by molar-refractivity contribution is -0.121. The molecule has 1 fully saturated rings. The van der Waals surface area contributed by atoms with Crippen LogP contribution in [-0.2, 0) is 23.4 Å². The van der Waals surface area contributed by atoms with Crippen LogP contribution in [0.15, 0.2) is 34.0 Å². The van der Waals surface area contributed by atoms with Gasteiger partial charge in [-0.1, -0.05) is 83.3 Å². The lowest BCUT2D eigenvalue weighted by atomic mass is 10.1. The summed E-state index contributed by atoms with van der Waals surface area (Å²) in [7, 11) is -3.02. The van der Waals surface area contributed by atoms with Crippen LogP contribution in [0.1, 0.15) is 129 Å². The molecule has 1 aliphatic rings. The van der Waals surface area contributed by atoms with E-state index in [1.54, 1.807) is 0 Å².